The van der Waals surface area contributed by atoms with Crippen LogP contribution in [0, 0.1) is 18.3 Å². The van der Waals surface area contributed by atoms with Gasteiger partial charge in [0.25, 0.3) is 0 Å². The molecule has 0 aliphatic rings. The number of rotatable bonds is 6. The van der Waals surface area contributed by atoms with Crippen LogP contribution in [0.3, 0.4) is 0 Å². The van der Waals surface area contributed by atoms with Gasteiger partial charge in [0.2, 0.25) is 0 Å². The Morgan fingerprint density at radius 1 is 1.45 bits per heavy atom. The van der Waals surface area contributed by atoms with Gasteiger partial charge in [-0.25, -0.2) is 19.9 Å². The predicted molar refractivity (Wildman–Crippen MR) is 80.5 cm³/mol. The molecule has 0 radical (unpaired) electrons. The first-order valence-electron chi connectivity index (χ1n) is 6.28. The number of aryl methyl sites for hydroxylation is 1. The molecule has 0 amide bonds. The topological polar surface area (TPSA) is 83.2 Å². The van der Waals surface area contributed by atoms with Gasteiger partial charge in [0.15, 0.2) is 0 Å². The van der Waals surface area contributed by atoms with Crippen molar-refractivity contribution in [3.8, 4) is 6.01 Å². The molecule has 2 N–H and O–H groups in total. The van der Waals surface area contributed by atoms with Crippen molar-refractivity contribution >= 4 is 17.3 Å². The van der Waals surface area contributed by atoms with Gasteiger partial charge in [-0.05, 0) is 30.7 Å². The van der Waals surface area contributed by atoms with E-state index in [0.717, 1.165) is 5.56 Å². The highest BCUT2D eigenvalue weighted by atomic mass is 35.5. The molecule has 8 heteroatoms. The molecular formula is C14H13ClFN5O. The standard InChI is InChI=1S/C14H13ClFN5O/c1-9-5-19-14(20-6-9)22-8-11(21-17)7-18-10-2-3-13(16)12(15)4-10/h2-7,17-18H,8H2,1H3/b11-7-,21-17?. The fourth-order valence-corrected chi connectivity index (χ4v) is 1.63. The number of ether oxygens (including phenoxy) is 1. The molecule has 0 saturated heterocycles. The normalized spacial score (nSPS) is 11.1. The zero-order chi connectivity index (χ0) is 15.9. The van der Waals surface area contributed by atoms with Crippen molar-refractivity contribution in [2.24, 2.45) is 5.11 Å². The lowest BCUT2D eigenvalue weighted by Gasteiger charge is -2.06. The predicted octanol–water partition coefficient (Wildman–Crippen LogP) is 3.94. The SMILES string of the molecule is Cc1cnc(OC/C(=C/Nc2ccc(F)c(Cl)c2)N=N)nc1. The van der Waals surface area contributed by atoms with Crippen molar-refractivity contribution in [2.45, 2.75) is 6.92 Å². The number of aromatic nitrogens is 2. The van der Waals surface area contributed by atoms with Crippen LogP contribution >= 0.6 is 11.6 Å². The zero-order valence-corrected chi connectivity index (χ0v) is 12.4. The molecule has 0 bridgehead atoms. The first-order chi connectivity index (χ1) is 10.6. The summed E-state index contributed by atoms with van der Waals surface area (Å²) in [6, 6.07) is 4.39. The molecule has 0 fully saturated rings. The van der Waals surface area contributed by atoms with Crippen molar-refractivity contribution in [2.75, 3.05) is 11.9 Å². The van der Waals surface area contributed by atoms with Gasteiger partial charge in [0.1, 0.15) is 18.1 Å². The second-order valence-electron chi connectivity index (χ2n) is 4.35. The minimum atomic E-state index is -0.499. The van der Waals surface area contributed by atoms with Crippen molar-refractivity contribution in [3.63, 3.8) is 0 Å². The number of anilines is 1. The van der Waals surface area contributed by atoms with E-state index in [1.54, 1.807) is 12.4 Å². The highest BCUT2D eigenvalue weighted by Gasteiger charge is 2.02. The Balaban J connectivity index is 1.96. The maximum Gasteiger partial charge on any atom is 0.316 e. The summed E-state index contributed by atoms with van der Waals surface area (Å²) in [5.74, 6) is -0.499. The fourth-order valence-electron chi connectivity index (χ4n) is 1.45. The quantitative estimate of drug-likeness (QED) is 0.789. The Morgan fingerprint density at radius 2 is 2.18 bits per heavy atom. The third kappa shape index (κ3) is 4.49. The number of benzene rings is 1. The summed E-state index contributed by atoms with van der Waals surface area (Å²) in [5, 5.41) is 6.20. The third-order valence-corrected chi connectivity index (χ3v) is 2.86. The van der Waals surface area contributed by atoms with Gasteiger partial charge in [-0.3, -0.25) is 0 Å². The van der Waals surface area contributed by atoms with E-state index in [9.17, 15) is 4.39 Å². The first-order valence-corrected chi connectivity index (χ1v) is 6.66. The van der Waals surface area contributed by atoms with Crippen LogP contribution in [-0.2, 0) is 0 Å². The summed E-state index contributed by atoms with van der Waals surface area (Å²) < 4.78 is 18.4. The van der Waals surface area contributed by atoms with Gasteiger partial charge in [-0.15, -0.1) is 0 Å². The third-order valence-electron chi connectivity index (χ3n) is 2.58. The molecule has 0 saturated carbocycles. The molecule has 2 rings (SSSR count). The van der Waals surface area contributed by atoms with Crippen LogP contribution in [-0.4, -0.2) is 16.6 Å². The lowest BCUT2D eigenvalue weighted by molar-refractivity contribution is 0.320. The number of hydrogen-bond acceptors (Lipinski definition) is 6. The molecule has 0 aliphatic heterocycles. The van der Waals surface area contributed by atoms with E-state index < -0.39 is 5.82 Å². The van der Waals surface area contributed by atoms with Crippen LogP contribution in [0.5, 0.6) is 6.01 Å². The summed E-state index contributed by atoms with van der Waals surface area (Å²) in [5.41, 5.74) is 8.91. The van der Waals surface area contributed by atoms with Crippen LogP contribution in [0.15, 0.2) is 47.6 Å². The molecule has 1 heterocycles. The van der Waals surface area contributed by atoms with E-state index in [1.807, 2.05) is 6.92 Å². The van der Waals surface area contributed by atoms with E-state index in [1.165, 1.54) is 24.4 Å². The Bertz CT molecular complexity index is 690. The monoisotopic (exact) mass is 321 g/mol. The highest BCUT2D eigenvalue weighted by Crippen LogP contribution is 2.19. The van der Waals surface area contributed by atoms with Gasteiger partial charge in [0.05, 0.1) is 5.02 Å². The number of nitrogens with one attached hydrogen (secondary N) is 2. The molecule has 0 spiro atoms. The molecule has 6 nitrogen and oxygen atoms in total. The van der Waals surface area contributed by atoms with E-state index >= 15 is 0 Å². The molecule has 0 unspecified atom stereocenters. The van der Waals surface area contributed by atoms with Crippen LogP contribution in [0.1, 0.15) is 5.56 Å². The Labute approximate surface area is 131 Å². The van der Waals surface area contributed by atoms with Crippen molar-refractivity contribution in [1.29, 1.82) is 5.53 Å². The summed E-state index contributed by atoms with van der Waals surface area (Å²) in [6.45, 7) is 1.89. The highest BCUT2D eigenvalue weighted by molar-refractivity contribution is 6.31. The van der Waals surface area contributed by atoms with E-state index in [0.29, 0.717) is 11.4 Å². The van der Waals surface area contributed by atoms with Crippen molar-refractivity contribution < 1.29 is 9.13 Å². The number of nitrogens with zero attached hydrogens (tertiary/aromatic N) is 3. The largest absolute Gasteiger partial charge is 0.457 e. The molecule has 22 heavy (non-hydrogen) atoms. The maximum atomic E-state index is 13.0. The molecule has 0 aliphatic carbocycles. The van der Waals surface area contributed by atoms with E-state index in [-0.39, 0.29) is 17.6 Å². The smallest absolute Gasteiger partial charge is 0.316 e. The summed E-state index contributed by atoms with van der Waals surface area (Å²) in [7, 11) is 0. The average Bonchev–Trinajstić information content (AvgIpc) is 2.52. The second kappa shape index (κ2) is 7.46. The minimum Gasteiger partial charge on any atom is -0.457 e. The Morgan fingerprint density at radius 3 is 2.82 bits per heavy atom. The summed E-state index contributed by atoms with van der Waals surface area (Å²) >= 11 is 5.68. The Hall–Kier alpha value is -2.54. The van der Waals surface area contributed by atoms with E-state index in [4.69, 9.17) is 21.9 Å². The molecule has 114 valence electrons. The summed E-state index contributed by atoms with van der Waals surface area (Å²) in [6.07, 6.45) is 4.72. The lowest BCUT2D eigenvalue weighted by atomic mass is 10.3. The lowest BCUT2D eigenvalue weighted by Crippen LogP contribution is -2.04. The van der Waals surface area contributed by atoms with Gasteiger partial charge < -0.3 is 10.1 Å². The van der Waals surface area contributed by atoms with Crippen LogP contribution in [0.2, 0.25) is 5.02 Å². The molecule has 1 aromatic heterocycles. The van der Waals surface area contributed by atoms with Gasteiger partial charge in [-0.1, -0.05) is 11.6 Å². The zero-order valence-electron chi connectivity index (χ0n) is 11.7. The summed E-state index contributed by atoms with van der Waals surface area (Å²) in [4.78, 5) is 7.96. The second-order valence-corrected chi connectivity index (χ2v) is 4.76. The average molecular weight is 322 g/mol. The van der Waals surface area contributed by atoms with Crippen LogP contribution < -0.4 is 10.1 Å². The minimum absolute atomic E-state index is 0.00654. The van der Waals surface area contributed by atoms with Crippen molar-refractivity contribution in [3.05, 3.63) is 58.9 Å². The van der Waals surface area contributed by atoms with E-state index in [2.05, 4.69) is 20.4 Å². The van der Waals surface area contributed by atoms with Gasteiger partial charge >= 0.3 is 6.01 Å². The van der Waals surface area contributed by atoms with Gasteiger partial charge in [-0.2, -0.15) is 5.11 Å². The first kappa shape index (κ1) is 15.8. The van der Waals surface area contributed by atoms with Gasteiger partial charge in [0, 0.05) is 24.3 Å². The molecular weight excluding hydrogens is 309 g/mol. The van der Waals surface area contributed by atoms with Crippen LogP contribution in [0.4, 0.5) is 10.1 Å². The number of hydrogen-bond donors (Lipinski definition) is 2. The van der Waals surface area contributed by atoms with Crippen LogP contribution in [0.25, 0.3) is 0 Å². The molecule has 2 aromatic rings. The molecule has 0 atom stereocenters. The number of halogens is 2. The molecule has 1 aromatic carbocycles. The Kier molecular flexibility index (Phi) is 5.37. The fraction of sp³-hybridized carbons (Fsp3) is 0.143. The maximum absolute atomic E-state index is 13.0. The van der Waals surface area contributed by atoms with Crippen molar-refractivity contribution in [1.82, 2.24) is 9.97 Å².